The van der Waals surface area contributed by atoms with Crippen LogP contribution in [-0.4, -0.2) is 42.7 Å². The summed E-state index contributed by atoms with van der Waals surface area (Å²) in [6, 6.07) is 27.0. The van der Waals surface area contributed by atoms with Gasteiger partial charge in [-0.15, -0.1) is 0 Å². The lowest BCUT2D eigenvalue weighted by atomic mass is 9.70. The lowest BCUT2D eigenvalue weighted by molar-refractivity contribution is 0.00511. The maximum Gasteiger partial charge on any atom is 0.216 e. The van der Waals surface area contributed by atoms with Gasteiger partial charge in [-0.05, 0) is 59.5 Å². The fourth-order valence-corrected chi connectivity index (χ4v) is 5.05. The molecule has 0 aliphatic carbocycles. The van der Waals surface area contributed by atoms with Gasteiger partial charge < -0.3 is 14.7 Å². The highest BCUT2D eigenvalue weighted by molar-refractivity contribution is 5.86. The summed E-state index contributed by atoms with van der Waals surface area (Å²) in [6.07, 6.45) is 2.43. The van der Waals surface area contributed by atoms with Crippen LogP contribution in [0, 0.1) is 0 Å². The maximum absolute atomic E-state index is 13.0. The highest BCUT2D eigenvalue weighted by Gasteiger charge is 2.43. The molecular weight excluding hydrogens is 444 g/mol. The molecule has 0 aliphatic heterocycles. The zero-order valence-electron chi connectivity index (χ0n) is 22.3. The van der Waals surface area contributed by atoms with E-state index in [9.17, 15) is 5.11 Å². The van der Waals surface area contributed by atoms with Gasteiger partial charge in [0.2, 0.25) is 5.88 Å². The van der Waals surface area contributed by atoms with Crippen molar-refractivity contribution in [1.82, 2.24) is 9.88 Å². The Kier molecular flexibility index (Phi) is 7.49. The largest absolute Gasteiger partial charge is 0.481 e. The van der Waals surface area contributed by atoms with Crippen molar-refractivity contribution in [3.05, 3.63) is 107 Å². The minimum absolute atomic E-state index is 0.101. The van der Waals surface area contributed by atoms with Crippen LogP contribution in [0.15, 0.2) is 85.1 Å². The van der Waals surface area contributed by atoms with E-state index in [1.54, 1.807) is 7.11 Å². The van der Waals surface area contributed by atoms with Gasteiger partial charge in [-0.3, -0.25) is 0 Å². The van der Waals surface area contributed by atoms with Crippen molar-refractivity contribution in [1.29, 1.82) is 0 Å². The molecular formula is C32H38N2O2. The molecule has 0 saturated heterocycles. The number of benzene rings is 3. The number of pyridine rings is 1. The molecule has 188 valence electrons. The standard InChI is InChI=1S/C32H38N2O2/c1-31(2,3)25-21-27(30(36-6)33-22-25)29(24-14-8-7-9-15-24)32(35,19-20-34(4)5)28-18-12-16-23-13-10-11-17-26(23)28/h7-18,21-22,29,35H,19-20H2,1-6H3. The minimum Gasteiger partial charge on any atom is -0.481 e. The number of methoxy groups -OCH3 is 1. The molecule has 1 aromatic heterocycles. The molecule has 2 atom stereocenters. The average molecular weight is 483 g/mol. The zero-order chi connectivity index (χ0) is 25.9. The number of hydrogen-bond acceptors (Lipinski definition) is 4. The van der Waals surface area contributed by atoms with Crippen LogP contribution in [0.5, 0.6) is 5.88 Å². The predicted octanol–water partition coefficient (Wildman–Crippen LogP) is 6.51. The third-order valence-electron chi connectivity index (χ3n) is 7.06. The first-order valence-corrected chi connectivity index (χ1v) is 12.6. The van der Waals surface area contributed by atoms with Crippen molar-refractivity contribution in [2.45, 2.75) is 44.1 Å². The Morgan fingerprint density at radius 1 is 0.917 bits per heavy atom. The maximum atomic E-state index is 13.0. The molecule has 4 nitrogen and oxygen atoms in total. The van der Waals surface area contributed by atoms with Crippen LogP contribution in [0.1, 0.15) is 55.4 Å². The first-order valence-electron chi connectivity index (χ1n) is 12.6. The molecule has 36 heavy (non-hydrogen) atoms. The Morgan fingerprint density at radius 2 is 1.58 bits per heavy atom. The Balaban J connectivity index is 2.06. The van der Waals surface area contributed by atoms with Crippen LogP contribution < -0.4 is 4.74 Å². The predicted molar refractivity (Wildman–Crippen MR) is 149 cm³/mol. The normalized spacial score (nSPS) is 14.6. The molecule has 0 fully saturated rings. The van der Waals surface area contributed by atoms with E-state index in [4.69, 9.17) is 9.72 Å². The first-order chi connectivity index (χ1) is 17.1. The van der Waals surface area contributed by atoms with Gasteiger partial charge in [0, 0.05) is 24.2 Å². The van der Waals surface area contributed by atoms with Gasteiger partial charge >= 0.3 is 0 Å². The molecule has 1 heterocycles. The molecule has 0 aliphatic rings. The van der Waals surface area contributed by atoms with Gasteiger partial charge in [0.25, 0.3) is 0 Å². The van der Waals surface area contributed by atoms with Crippen molar-refractivity contribution in [3.8, 4) is 5.88 Å². The molecule has 1 N–H and O–H groups in total. The molecule has 0 bridgehead atoms. The van der Waals surface area contributed by atoms with E-state index in [2.05, 4.69) is 68.1 Å². The van der Waals surface area contributed by atoms with Gasteiger partial charge in [0.05, 0.1) is 7.11 Å². The fourth-order valence-electron chi connectivity index (χ4n) is 5.05. The van der Waals surface area contributed by atoms with E-state index in [1.807, 2.05) is 56.7 Å². The van der Waals surface area contributed by atoms with Crippen LogP contribution in [0.2, 0.25) is 0 Å². The molecule has 3 aromatic carbocycles. The van der Waals surface area contributed by atoms with Gasteiger partial charge in [-0.1, -0.05) is 93.6 Å². The summed E-state index contributed by atoms with van der Waals surface area (Å²) in [4.78, 5) is 6.86. The molecule has 2 unspecified atom stereocenters. The van der Waals surface area contributed by atoms with Gasteiger partial charge in [-0.25, -0.2) is 4.98 Å². The Labute approximate surface area is 215 Å². The highest BCUT2D eigenvalue weighted by Crippen LogP contribution is 2.48. The number of fused-ring (bicyclic) bond motifs is 1. The molecule has 4 heteroatoms. The first kappa shape index (κ1) is 25.9. The second-order valence-electron chi connectivity index (χ2n) is 10.9. The summed E-state index contributed by atoms with van der Waals surface area (Å²) in [5, 5.41) is 15.2. The summed E-state index contributed by atoms with van der Waals surface area (Å²) >= 11 is 0. The molecule has 4 aromatic rings. The quantitative estimate of drug-likeness (QED) is 0.311. The third kappa shape index (κ3) is 5.16. The van der Waals surface area contributed by atoms with Gasteiger partial charge in [0.15, 0.2) is 0 Å². The minimum atomic E-state index is -1.22. The summed E-state index contributed by atoms with van der Waals surface area (Å²) in [7, 11) is 5.74. The Hall–Kier alpha value is -3.21. The third-order valence-corrected chi connectivity index (χ3v) is 7.06. The summed E-state index contributed by atoms with van der Waals surface area (Å²) in [6.45, 7) is 7.26. The number of aromatic nitrogens is 1. The van der Waals surface area contributed by atoms with E-state index < -0.39 is 11.5 Å². The lowest BCUT2D eigenvalue weighted by Crippen LogP contribution is -2.38. The highest BCUT2D eigenvalue weighted by atomic mass is 16.5. The number of rotatable bonds is 8. The summed E-state index contributed by atoms with van der Waals surface area (Å²) in [5.74, 6) is 0.148. The van der Waals surface area contributed by atoms with Crippen molar-refractivity contribution in [3.63, 3.8) is 0 Å². The van der Waals surface area contributed by atoms with Crippen LogP contribution >= 0.6 is 0 Å². The second kappa shape index (κ2) is 10.4. The Morgan fingerprint density at radius 3 is 2.25 bits per heavy atom. The van der Waals surface area contributed by atoms with E-state index in [0.29, 0.717) is 12.3 Å². The van der Waals surface area contributed by atoms with E-state index >= 15 is 0 Å². The molecule has 4 rings (SSSR count). The molecule has 0 amide bonds. The summed E-state index contributed by atoms with van der Waals surface area (Å²) < 4.78 is 5.83. The summed E-state index contributed by atoms with van der Waals surface area (Å²) in [5.41, 5.74) is 2.61. The van der Waals surface area contributed by atoms with Crippen LogP contribution in [0.25, 0.3) is 10.8 Å². The average Bonchev–Trinajstić information content (AvgIpc) is 2.87. The number of nitrogens with zero attached hydrogens (tertiary/aromatic N) is 2. The fraction of sp³-hybridized carbons (Fsp3) is 0.344. The van der Waals surface area contributed by atoms with Crippen molar-refractivity contribution < 1.29 is 9.84 Å². The second-order valence-corrected chi connectivity index (χ2v) is 10.9. The van der Waals surface area contributed by atoms with Crippen LogP contribution in [0.3, 0.4) is 0 Å². The van der Waals surface area contributed by atoms with Gasteiger partial charge in [-0.2, -0.15) is 0 Å². The topological polar surface area (TPSA) is 45.6 Å². The van der Waals surface area contributed by atoms with Crippen molar-refractivity contribution in [2.24, 2.45) is 0 Å². The SMILES string of the molecule is COc1ncc(C(C)(C)C)cc1C(c1ccccc1)C(O)(CCN(C)C)c1cccc2ccccc12. The number of hydrogen-bond donors (Lipinski definition) is 1. The molecule has 0 spiro atoms. The smallest absolute Gasteiger partial charge is 0.216 e. The van der Waals surface area contributed by atoms with E-state index in [0.717, 1.165) is 39.6 Å². The van der Waals surface area contributed by atoms with E-state index in [1.165, 1.54) is 0 Å². The zero-order valence-corrected chi connectivity index (χ0v) is 22.3. The lowest BCUT2D eigenvalue weighted by Gasteiger charge is -2.40. The van der Waals surface area contributed by atoms with E-state index in [-0.39, 0.29) is 5.41 Å². The number of ether oxygens (including phenoxy) is 1. The monoisotopic (exact) mass is 482 g/mol. The van der Waals surface area contributed by atoms with Crippen LogP contribution in [-0.2, 0) is 11.0 Å². The molecule has 0 radical (unpaired) electrons. The van der Waals surface area contributed by atoms with Crippen molar-refractivity contribution >= 4 is 10.8 Å². The van der Waals surface area contributed by atoms with Gasteiger partial charge in [0.1, 0.15) is 5.60 Å². The van der Waals surface area contributed by atoms with Crippen LogP contribution in [0.4, 0.5) is 0 Å². The van der Waals surface area contributed by atoms with Crippen molar-refractivity contribution in [2.75, 3.05) is 27.7 Å². The number of aliphatic hydroxyl groups is 1. The molecule has 0 saturated carbocycles. The Bertz CT molecular complexity index is 1310.